The highest BCUT2D eigenvalue weighted by atomic mass is 16.7. The molecule has 2 fully saturated rings. The van der Waals surface area contributed by atoms with Crippen LogP contribution < -0.4 is 9.47 Å². The van der Waals surface area contributed by atoms with E-state index in [0.717, 1.165) is 0 Å². The standard InChI is InChI=1S/C16H17NO8/c1-16(2)24-14-10(7-3-4-8-9(5-7)23-6-22-8)11(17(20)21)12(18)15(25-16)13(14)19/h3-5,10-12,14-15,18H,6H2,1-2H3/t10-,11-,12+,14-,15+/m1/s1. The van der Waals surface area contributed by atoms with E-state index in [1.54, 1.807) is 32.0 Å². The van der Waals surface area contributed by atoms with Gasteiger partial charge in [-0.05, 0) is 31.5 Å². The molecule has 1 saturated heterocycles. The summed E-state index contributed by atoms with van der Waals surface area (Å²) in [5.41, 5.74) is 0.472. The first-order chi connectivity index (χ1) is 11.8. The number of benzene rings is 1. The summed E-state index contributed by atoms with van der Waals surface area (Å²) < 4.78 is 21.7. The lowest BCUT2D eigenvalue weighted by Gasteiger charge is -2.48. The molecule has 25 heavy (non-hydrogen) atoms. The third-order valence-corrected chi connectivity index (χ3v) is 4.76. The SMILES string of the molecule is CC1(C)O[C@@H]2C(=O)[C@H](O1)[C@H](c1ccc3c(c1)OCO3)[C@@H]([N+](=O)[O-])[C@@H]2O. The molecular formula is C16H17NO8. The second-order valence-corrected chi connectivity index (χ2v) is 6.78. The molecule has 1 N–H and O–H groups in total. The van der Waals surface area contributed by atoms with Crippen molar-refractivity contribution >= 4 is 5.78 Å². The van der Waals surface area contributed by atoms with E-state index in [4.69, 9.17) is 18.9 Å². The molecule has 1 saturated carbocycles. The molecule has 0 radical (unpaired) electrons. The Morgan fingerprint density at radius 1 is 1.20 bits per heavy atom. The van der Waals surface area contributed by atoms with Gasteiger partial charge in [-0.1, -0.05) is 6.07 Å². The first-order valence-electron chi connectivity index (χ1n) is 7.89. The van der Waals surface area contributed by atoms with Crippen LogP contribution in [0.25, 0.3) is 0 Å². The van der Waals surface area contributed by atoms with Crippen LogP contribution in [0, 0.1) is 10.1 Å². The number of aliphatic hydroxyl groups is 1. The molecular weight excluding hydrogens is 334 g/mol. The van der Waals surface area contributed by atoms with Crippen LogP contribution in [0.5, 0.6) is 11.5 Å². The molecule has 0 spiro atoms. The summed E-state index contributed by atoms with van der Waals surface area (Å²) in [5, 5.41) is 22.1. The Bertz CT molecular complexity index is 748. The van der Waals surface area contributed by atoms with Gasteiger partial charge in [-0.15, -0.1) is 0 Å². The zero-order valence-corrected chi connectivity index (χ0v) is 13.6. The van der Waals surface area contributed by atoms with Crippen molar-refractivity contribution in [3.8, 4) is 11.5 Å². The number of fused-ring (bicyclic) bond motifs is 3. The molecule has 2 aliphatic heterocycles. The third kappa shape index (κ3) is 2.46. The van der Waals surface area contributed by atoms with Gasteiger partial charge < -0.3 is 24.1 Å². The number of hydrogen-bond acceptors (Lipinski definition) is 8. The number of nitro groups is 1. The van der Waals surface area contributed by atoms with Crippen LogP contribution in [0.1, 0.15) is 25.3 Å². The predicted molar refractivity (Wildman–Crippen MR) is 80.9 cm³/mol. The molecule has 1 aromatic carbocycles. The highest BCUT2D eigenvalue weighted by Gasteiger charge is 2.62. The number of aliphatic hydroxyl groups excluding tert-OH is 1. The lowest BCUT2D eigenvalue weighted by molar-refractivity contribution is -0.550. The van der Waals surface area contributed by atoms with Crippen LogP contribution in [0.4, 0.5) is 0 Å². The molecule has 9 heteroatoms. The van der Waals surface area contributed by atoms with Crippen molar-refractivity contribution in [3.63, 3.8) is 0 Å². The number of Topliss-reactive ketones (excluding diaryl/α,β-unsaturated/α-hetero) is 1. The summed E-state index contributed by atoms with van der Waals surface area (Å²) in [5.74, 6) is -1.63. The Labute approximate surface area is 142 Å². The average molecular weight is 351 g/mol. The Hall–Kier alpha value is -2.23. The van der Waals surface area contributed by atoms with Gasteiger partial charge in [-0.2, -0.15) is 0 Å². The fourth-order valence-electron chi connectivity index (χ4n) is 3.72. The van der Waals surface area contributed by atoms with Gasteiger partial charge in [0, 0.05) is 4.92 Å². The summed E-state index contributed by atoms with van der Waals surface area (Å²) in [6.07, 6.45) is -3.94. The number of carbonyl (C=O) groups is 1. The maximum Gasteiger partial charge on any atom is 0.251 e. The lowest BCUT2D eigenvalue weighted by Crippen LogP contribution is -2.67. The molecule has 1 aromatic rings. The number of nitrogens with zero attached hydrogens (tertiary/aromatic N) is 1. The molecule has 2 heterocycles. The fourth-order valence-corrected chi connectivity index (χ4v) is 3.72. The number of ketones is 1. The molecule has 1 aliphatic carbocycles. The van der Waals surface area contributed by atoms with Crippen molar-refractivity contribution in [1.29, 1.82) is 0 Å². The Morgan fingerprint density at radius 2 is 1.88 bits per heavy atom. The van der Waals surface area contributed by atoms with Crippen molar-refractivity contribution < 1.29 is 33.8 Å². The molecule has 2 bridgehead atoms. The molecule has 9 nitrogen and oxygen atoms in total. The Morgan fingerprint density at radius 3 is 2.60 bits per heavy atom. The van der Waals surface area contributed by atoms with Crippen LogP contribution in [0.15, 0.2) is 18.2 Å². The van der Waals surface area contributed by atoms with Crippen molar-refractivity contribution in [2.75, 3.05) is 6.79 Å². The monoisotopic (exact) mass is 351 g/mol. The molecule has 0 amide bonds. The first-order valence-corrected chi connectivity index (χ1v) is 7.89. The van der Waals surface area contributed by atoms with Crippen molar-refractivity contribution in [2.24, 2.45) is 0 Å². The summed E-state index contributed by atoms with van der Waals surface area (Å²) in [6, 6.07) is 3.41. The van der Waals surface area contributed by atoms with E-state index in [9.17, 15) is 20.0 Å². The topological polar surface area (TPSA) is 117 Å². The first kappa shape index (κ1) is 16.2. The van der Waals surface area contributed by atoms with Crippen LogP contribution >= 0.6 is 0 Å². The minimum atomic E-state index is -1.57. The van der Waals surface area contributed by atoms with Gasteiger partial charge in [0.05, 0.1) is 5.92 Å². The van der Waals surface area contributed by atoms with Crippen LogP contribution in [-0.4, -0.2) is 52.7 Å². The van der Waals surface area contributed by atoms with E-state index < -0.39 is 46.8 Å². The van der Waals surface area contributed by atoms with E-state index in [2.05, 4.69) is 0 Å². The quantitative estimate of drug-likeness (QED) is 0.608. The Kier molecular flexibility index (Phi) is 3.50. The normalized spacial score (nSPS) is 35.5. The predicted octanol–water partition coefficient (Wildman–Crippen LogP) is 0.608. The van der Waals surface area contributed by atoms with E-state index in [0.29, 0.717) is 17.1 Å². The maximum absolute atomic E-state index is 12.6. The van der Waals surface area contributed by atoms with Gasteiger partial charge in [-0.3, -0.25) is 14.9 Å². The molecule has 0 aromatic heterocycles. The Balaban J connectivity index is 1.81. The number of ether oxygens (including phenoxy) is 4. The van der Waals surface area contributed by atoms with Gasteiger partial charge in [0.25, 0.3) is 6.04 Å². The van der Waals surface area contributed by atoms with Crippen LogP contribution in [0.2, 0.25) is 0 Å². The van der Waals surface area contributed by atoms with E-state index in [1.165, 1.54) is 0 Å². The van der Waals surface area contributed by atoms with Crippen molar-refractivity contribution in [3.05, 3.63) is 33.9 Å². The molecule has 4 rings (SSSR count). The minimum absolute atomic E-state index is 0.0621. The van der Waals surface area contributed by atoms with Crippen LogP contribution in [-0.2, 0) is 14.3 Å². The number of rotatable bonds is 2. The number of hydrogen-bond donors (Lipinski definition) is 1. The molecule has 3 aliphatic rings. The summed E-state index contributed by atoms with van der Waals surface area (Å²) in [7, 11) is 0. The smallest absolute Gasteiger partial charge is 0.251 e. The van der Waals surface area contributed by atoms with E-state index >= 15 is 0 Å². The summed E-state index contributed by atoms with van der Waals surface area (Å²) >= 11 is 0. The van der Waals surface area contributed by atoms with Gasteiger partial charge in [0.2, 0.25) is 6.79 Å². The molecule has 134 valence electrons. The fraction of sp³-hybridized carbons (Fsp3) is 0.562. The van der Waals surface area contributed by atoms with Gasteiger partial charge in [-0.25, -0.2) is 0 Å². The second-order valence-electron chi connectivity index (χ2n) is 6.78. The summed E-state index contributed by atoms with van der Waals surface area (Å²) in [4.78, 5) is 23.7. The minimum Gasteiger partial charge on any atom is -0.454 e. The van der Waals surface area contributed by atoms with Gasteiger partial charge in [0.1, 0.15) is 6.10 Å². The zero-order valence-electron chi connectivity index (χ0n) is 13.6. The second kappa shape index (κ2) is 5.38. The molecule has 0 unspecified atom stereocenters. The van der Waals surface area contributed by atoms with Gasteiger partial charge >= 0.3 is 0 Å². The lowest BCUT2D eigenvalue weighted by atomic mass is 9.73. The van der Waals surface area contributed by atoms with Crippen molar-refractivity contribution in [1.82, 2.24) is 0 Å². The number of carbonyl (C=O) groups excluding carboxylic acids is 1. The van der Waals surface area contributed by atoms with E-state index in [1.807, 2.05) is 0 Å². The van der Waals surface area contributed by atoms with Gasteiger partial charge in [0.15, 0.2) is 35.3 Å². The molecule has 5 atom stereocenters. The summed E-state index contributed by atoms with van der Waals surface area (Å²) in [6.45, 7) is 3.28. The van der Waals surface area contributed by atoms with Crippen LogP contribution in [0.3, 0.4) is 0 Å². The highest BCUT2D eigenvalue weighted by molar-refractivity contribution is 5.91. The van der Waals surface area contributed by atoms with E-state index in [-0.39, 0.29) is 6.79 Å². The largest absolute Gasteiger partial charge is 0.454 e. The van der Waals surface area contributed by atoms with Crippen molar-refractivity contribution in [2.45, 2.75) is 49.9 Å². The average Bonchev–Trinajstić information content (AvgIpc) is 2.99. The highest BCUT2D eigenvalue weighted by Crippen LogP contribution is 2.44. The third-order valence-electron chi connectivity index (χ3n) is 4.76. The zero-order chi connectivity index (χ0) is 17.9. The maximum atomic E-state index is 12.6.